The molecule has 0 aliphatic heterocycles. The van der Waals surface area contributed by atoms with Crippen molar-refractivity contribution in [3.8, 4) is 0 Å². The van der Waals surface area contributed by atoms with E-state index in [4.69, 9.17) is 9.47 Å². The number of hydrogen-bond donors (Lipinski definition) is 1. The smallest absolute Gasteiger partial charge is 0.331 e. The minimum absolute atomic E-state index is 0.128. The monoisotopic (exact) mass is 403 g/mol. The molecule has 0 spiro atoms. The van der Waals surface area contributed by atoms with E-state index in [0.29, 0.717) is 12.8 Å². The van der Waals surface area contributed by atoms with Gasteiger partial charge in [0.1, 0.15) is 5.54 Å². The average Bonchev–Trinajstić information content (AvgIpc) is 2.72. The van der Waals surface area contributed by atoms with Gasteiger partial charge in [-0.05, 0) is 68.7 Å². The minimum atomic E-state index is -0.951. The molecule has 1 aliphatic rings. The standard InChI is InChI=1S/C22H31NO4.C2H6/c1-6-7-17-12-15(2)19(16(3)13-17)14-20(24)23-22(21(25)27-5)10-8-18(26-4)9-11-22;1-2/h6-7,12-13,18H,8-11,14H2,1-5H3,(H,23,24);1-2H3/b7-6+;. The van der Waals surface area contributed by atoms with Crippen LogP contribution in [-0.2, 0) is 25.5 Å². The molecular weight excluding hydrogens is 366 g/mol. The molecule has 1 amide bonds. The Morgan fingerprint density at radius 1 is 1.14 bits per heavy atom. The zero-order valence-electron chi connectivity index (χ0n) is 19.1. The maximum absolute atomic E-state index is 12.8. The molecule has 162 valence electrons. The highest BCUT2D eigenvalue weighted by atomic mass is 16.5. The topological polar surface area (TPSA) is 64.6 Å². The van der Waals surface area contributed by atoms with Gasteiger partial charge in [0.05, 0.1) is 19.6 Å². The summed E-state index contributed by atoms with van der Waals surface area (Å²) < 4.78 is 10.4. The predicted molar refractivity (Wildman–Crippen MR) is 118 cm³/mol. The molecule has 0 atom stereocenters. The van der Waals surface area contributed by atoms with E-state index < -0.39 is 5.54 Å². The van der Waals surface area contributed by atoms with Crippen molar-refractivity contribution in [1.82, 2.24) is 5.32 Å². The Morgan fingerprint density at radius 3 is 2.14 bits per heavy atom. The Balaban J connectivity index is 0.00000204. The molecule has 0 saturated heterocycles. The summed E-state index contributed by atoms with van der Waals surface area (Å²) >= 11 is 0. The van der Waals surface area contributed by atoms with E-state index in [1.807, 2.05) is 46.8 Å². The maximum atomic E-state index is 12.8. The van der Waals surface area contributed by atoms with Crippen LogP contribution in [0.15, 0.2) is 18.2 Å². The number of aryl methyl sites for hydroxylation is 2. The fraction of sp³-hybridized carbons (Fsp3) is 0.583. The minimum Gasteiger partial charge on any atom is -0.467 e. The Kier molecular flexibility index (Phi) is 10.1. The van der Waals surface area contributed by atoms with E-state index in [1.54, 1.807) is 7.11 Å². The summed E-state index contributed by atoms with van der Waals surface area (Å²) in [5.41, 5.74) is 3.34. The largest absolute Gasteiger partial charge is 0.467 e. The molecule has 1 aromatic carbocycles. The van der Waals surface area contributed by atoms with Crippen LogP contribution in [0.25, 0.3) is 6.08 Å². The molecule has 5 heteroatoms. The molecule has 5 nitrogen and oxygen atoms in total. The Labute approximate surface area is 175 Å². The molecule has 0 radical (unpaired) electrons. The highest BCUT2D eigenvalue weighted by Gasteiger charge is 2.44. The zero-order chi connectivity index (χ0) is 22.0. The summed E-state index contributed by atoms with van der Waals surface area (Å²) in [5.74, 6) is -0.525. The van der Waals surface area contributed by atoms with E-state index in [9.17, 15) is 9.59 Å². The van der Waals surface area contributed by atoms with E-state index in [-0.39, 0.29) is 24.4 Å². The summed E-state index contributed by atoms with van der Waals surface area (Å²) in [6.07, 6.45) is 6.93. The number of benzene rings is 1. The lowest BCUT2D eigenvalue weighted by Crippen LogP contribution is -2.57. The van der Waals surface area contributed by atoms with Gasteiger partial charge in [-0.15, -0.1) is 0 Å². The van der Waals surface area contributed by atoms with E-state index in [2.05, 4.69) is 17.4 Å². The van der Waals surface area contributed by atoms with Crippen LogP contribution >= 0.6 is 0 Å². The molecule has 0 unspecified atom stereocenters. The summed E-state index contributed by atoms with van der Waals surface area (Å²) in [5, 5.41) is 2.99. The number of methoxy groups -OCH3 is 2. The van der Waals surface area contributed by atoms with Crippen molar-refractivity contribution in [1.29, 1.82) is 0 Å². The Bertz CT molecular complexity index is 693. The fourth-order valence-electron chi connectivity index (χ4n) is 3.96. The number of nitrogens with one attached hydrogen (secondary N) is 1. The zero-order valence-corrected chi connectivity index (χ0v) is 19.1. The van der Waals surface area contributed by atoms with Crippen molar-refractivity contribution in [2.24, 2.45) is 0 Å². The van der Waals surface area contributed by atoms with Crippen LogP contribution in [0, 0.1) is 13.8 Å². The summed E-state index contributed by atoms with van der Waals surface area (Å²) in [6, 6.07) is 4.16. The number of carbonyl (C=O) groups excluding carboxylic acids is 2. The number of rotatable bonds is 6. The number of esters is 1. The second kappa shape index (κ2) is 11.8. The molecule has 1 N–H and O–H groups in total. The van der Waals surface area contributed by atoms with Gasteiger partial charge < -0.3 is 14.8 Å². The number of hydrogen-bond acceptors (Lipinski definition) is 4. The van der Waals surface area contributed by atoms with Crippen LogP contribution in [0.5, 0.6) is 0 Å². The lowest BCUT2D eigenvalue weighted by atomic mass is 9.80. The Morgan fingerprint density at radius 2 is 1.69 bits per heavy atom. The third-order valence-electron chi connectivity index (χ3n) is 5.49. The first-order valence-corrected chi connectivity index (χ1v) is 10.5. The molecular formula is C24H37NO4. The van der Waals surface area contributed by atoms with Crippen molar-refractivity contribution in [3.63, 3.8) is 0 Å². The van der Waals surface area contributed by atoms with Crippen LogP contribution < -0.4 is 5.32 Å². The first-order chi connectivity index (χ1) is 13.8. The predicted octanol–water partition coefficient (Wildman–Crippen LogP) is 4.52. The molecule has 1 fully saturated rings. The van der Waals surface area contributed by atoms with Crippen molar-refractivity contribution in [2.75, 3.05) is 14.2 Å². The summed E-state index contributed by atoms with van der Waals surface area (Å²) in [6.45, 7) is 10.0. The lowest BCUT2D eigenvalue weighted by molar-refractivity contribution is -0.153. The van der Waals surface area contributed by atoms with Crippen molar-refractivity contribution < 1.29 is 19.1 Å². The molecule has 1 aliphatic carbocycles. The fourth-order valence-corrected chi connectivity index (χ4v) is 3.96. The van der Waals surface area contributed by atoms with Crippen molar-refractivity contribution >= 4 is 18.0 Å². The summed E-state index contributed by atoms with van der Waals surface area (Å²) in [7, 11) is 3.05. The van der Waals surface area contributed by atoms with Crippen LogP contribution in [0.2, 0.25) is 0 Å². The first kappa shape index (κ1) is 24.9. The lowest BCUT2D eigenvalue weighted by Gasteiger charge is -2.38. The molecule has 1 aromatic rings. The number of carbonyl (C=O) groups is 2. The van der Waals surface area contributed by atoms with E-state index in [1.165, 1.54) is 7.11 Å². The number of ether oxygens (including phenoxy) is 2. The van der Waals surface area contributed by atoms with Gasteiger partial charge in [-0.3, -0.25) is 4.79 Å². The SMILES string of the molecule is C/C=C/c1cc(C)c(CC(=O)NC2(C(=O)OC)CCC(OC)CC2)c(C)c1.CC. The third kappa shape index (κ3) is 6.43. The Hall–Kier alpha value is -2.14. The highest BCUT2D eigenvalue weighted by molar-refractivity contribution is 5.89. The van der Waals surface area contributed by atoms with Crippen molar-refractivity contribution in [3.05, 3.63) is 40.5 Å². The van der Waals surface area contributed by atoms with Gasteiger partial charge >= 0.3 is 5.97 Å². The normalized spacial score (nSPS) is 21.3. The molecule has 2 rings (SSSR count). The van der Waals surface area contributed by atoms with Crippen LogP contribution in [0.3, 0.4) is 0 Å². The van der Waals surface area contributed by atoms with Crippen LogP contribution in [0.1, 0.15) is 68.7 Å². The highest BCUT2D eigenvalue weighted by Crippen LogP contribution is 2.31. The van der Waals surface area contributed by atoms with Gasteiger partial charge in [0, 0.05) is 7.11 Å². The van der Waals surface area contributed by atoms with Gasteiger partial charge in [0.2, 0.25) is 5.91 Å². The van der Waals surface area contributed by atoms with Gasteiger partial charge in [-0.2, -0.15) is 0 Å². The molecule has 0 bridgehead atoms. The molecule has 0 heterocycles. The van der Waals surface area contributed by atoms with Gasteiger partial charge in [0.25, 0.3) is 0 Å². The van der Waals surface area contributed by atoms with Crippen LogP contribution in [0.4, 0.5) is 0 Å². The van der Waals surface area contributed by atoms with Crippen molar-refractivity contribution in [2.45, 2.75) is 78.4 Å². The summed E-state index contributed by atoms with van der Waals surface area (Å²) in [4.78, 5) is 25.2. The molecule has 1 saturated carbocycles. The average molecular weight is 404 g/mol. The van der Waals surface area contributed by atoms with Gasteiger partial charge in [-0.1, -0.05) is 38.1 Å². The quantitative estimate of drug-likeness (QED) is 0.709. The first-order valence-electron chi connectivity index (χ1n) is 10.5. The van der Waals surface area contributed by atoms with Gasteiger partial charge in [0.15, 0.2) is 0 Å². The number of allylic oxidation sites excluding steroid dienone is 1. The maximum Gasteiger partial charge on any atom is 0.331 e. The van der Waals surface area contributed by atoms with Crippen LogP contribution in [-0.4, -0.2) is 37.7 Å². The second-order valence-electron chi connectivity index (χ2n) is 7.37. The van der Waals surface area contributed by atoms with Gasteiger partial charge in [-0.25, -0.2) is 4.79 Å². The van der Waals surface area contributed by atoms with E-state index >= 15 is 0 Å². The second-order valence-corrected chi connectivity index (χ2v) is 7.37. The third-order valence-corrected chi connectivity index (χ3v) is 5.49. The van der Waals surface area contributed by atoms with E-state index in [0.717, 1.165) is 35.1 Å². The molecule has 0 aromatic heterocycles. The number of amides is 1. The molecule has 29 heavy (non-hydrogen) atoms.